The number of hydrogen-bond donors (Lipinski definition) is 6. The molecule has 0 aromatic heterocycles. The van der Waals surface area contributed by atoms with Gasteiger partial charge < -0.3 is 21.3 Å². The molecular weight excluding hydrogens is 517 g/mol. The van der Waals surface area contributed by atoms with E-state index in [2.05, 4.69) is 21.3 Å². The number of benzene rings is 3. The second-order valence-corrected chi connectivity index (χ2v) is 8.97. The van der Waals surface area contributed by atoms with Crippen LogP contribution in [0.15, 0.2) is 78.9 Å². The summed E-state index contributed by atoms with van der Waals surface area (Å²) < 4.78 is 13.2. The van der Waals surface area contributed by atoms with Crippen LogP contribution < -0.4 is 26.7 Å². The molecule has 0 fully saturated rings. The van der Waals surface area contributed by atoms with Gasteiger partial charge in [-0.25, -0.2) is 14.7 Å². The molecule has 3 rings (SSSR count). The number of nitrogens with one attached hydrogen (secondary N) is 5. The van der Waals surface area contributed by atoms with Crippen molar-refractivity contribution >= 4 is 29.4 Å². The summed E-state index contributed by atoms with van der Waals surface area (Å²) in [5.74, 6) is -1.52. The molecule has 0 bridgehead atoms. The van der Waals surface area contributed by atoms with Gasteiger partial charge in [-0.1, -0.05) is 48.9 Å². The minimum absolute atomic E-state index is 0.163. The lowest BCUT2D eigenvalue weighted by Crippen LogP contribution is -2.41. The molecule has 10 nitrogen and oxygen atoms in total. The lowest BCUT2D eigenvalue weighted by molar-refractivity contribution is -0.129. The maximum Gasteiger partial charge on any atom is 0.320 e. The van der Waals surface area contributed by atoms with E-state index >= 15 is 0 Å². The normalized spacial score (nSPS) is 11.2. The summed E-state index contributed by atoms with van der Waals surface area (Å²) in [7, 11) is 0. The number of urea groups is 1. The lowest BCUT2D eigenvalue weighted by Gasteiger charge is -2.19. The Morgan fingerprint density at radius 3 is 2.17 bits per heavy atom. The predicted molar refractivity (Wildman–Crippen MR) is 147 cm³/mol. The zero-order valence-electron chi connectivity index (χ0n) is 21.8. The highest BCUT2D eigenvalue weighted by Gasteiger charge is 2.22. The van der Waals surface area contributed by atoms with Crippen molar-refractivity contribution in [2.45, 2.75) is 38.3 Å². The summed E-state index contributed by atoms with van der Waals surface area (Å²) in [5.41, 5.74) is 3.71. The molecule has 40 heavy (non-hydrogen) atoms. The molecule has 0 spiro atoms. The zero-order valence-corrected chi connectivity index (χ0v) is 21.8. The molecule has 0 unspecified atom stereocenters. The molecule has 3 aromatic carbocycles. The smallest absolute Gasteiger partial charge is 0.320 e. The van der Waals surface area contributed by atoms with Crippen LogP contribution in [0.3, 0.4) is 0 Å². The van der Waals surface area contributed by atoms with E-state index in [9.17, 15) is 23.6 Å². The molecule has 0 radical (unpaired) electrons. The number of anilines is 1. The Labute approximate surface area is 231 Å². The summed E-state index contributed by atoms with van der Waals surface area (Å²) >= 11 is 0. The average molecular weight is 550 g/mol. The van der Waals surface area contributed by atoms with Crippen LogP contribution >= 0.6 is 0 Å². The quantitative estimate of drug-likeness (QED) is 0.109. The molecule has 0 saturated carbocycles. The number of carbonyl (C=O) groups excluding carboxylic acids is 4. The van der Waals surface area contributed by atoms with Crippen LogP contribution in [0.1, 0.15) is 53.2 Å². The van der Waals surface area contributed by atoms with Gasteiger partial charge in [-0.3, -0.25) is 19.6 Å². The van der Waals surface area contributed by atoms with E-state index in [1.807, 2.05) is 0 Å². The number of halogens is 1. The minimum Gasteiger partial charge on any atom is -0.352 e. The Hall–Kier alpha value is -4.77. The second kappa shape index (κ2) is 15.6. The zero-order chi connectivity index (χ0) is 28.7. The maximum atomic E-state index is 13.2. The van der Waals surface area contributed by atoms with Gasteiger partial charge in [0.2, 0.25) is 11.8 Å². The Bertz CT molecular complexity index is 1270. The Balaban J connectivity index is 1.51. The summed E-state index contributed by atoms with van der Waals surface area (Å²) in [4.78, 5) is 49.1. The number of hydroxylamine groups is 1. The highest BCUT2D eigenvalue weighted by atomic mass is 19.1. The van der Waals surface area contributed by atoms with Crippen molar-refractivity contribution < 1.29 is 28.8 Å². The monoisotopic (exact) mass is 549 g/mol. The molecule has 0 saturated heterocycles. The topological polar surface area (TPSA) is 149 Å². The number of unbranched alkanes of at least 4 members (excludes halogenated alkanes) is 2. The van der Waals surface area contributed by atoms with Gasteiger partial charge in [0.1, 0.15) is 11.9 Å². The third-order valence-corrected chi connectivity index (χ3v) is 5.95. The first-order valence-electron chi connectivity index (χ1n) is 12.8. The van der Waals surface area contributed by atoms with Gasteiger partial charge >= 0.3 is 6.03 Å². The first-order valence-corrected chi connectivity index (χ1v) is 12.8. The fraction of sp³-hybridized carbons (Fsp3) is 0.241. The lowest BCUT2D eigenvalue weighted by atomic mass is 10.1. The van der Waals surface area contributed by atoms with E-state index in [1.54, 1.807) is 72.2 Å². The second-order valence-electron chi connectivity index (χ2n) is 8.97. The minimum atomic E-state index is -0.982. The van der Waals surface area contributed by atoms with E-state index in [1.165, 1.54) is 12.1 Å². The highest BCUT2D eigenvalue weighted by Crippen LogP contribution is 2.15. The van der Waals surface area contributed by atoms with Crippen LogP contribution in [0, 0.1) is 5.82 Å². The van der Waals surface area contributed by atoms with Crippen molar-refractivity contribution in [1.82, 2.24) is 21.4 Å². The van der Waals surface area contributed by atoms with Crippen LogP contribution in [0.2, 0.25) is 0 Å². The molecule has 1 atom stereocenters. The third kappa shape index (κ3) is 9.84. The number of rotatable bonds is 13. The fourth-order valence-electron chi connectivity index (χ4n) is 3.79. The SMILES string of the molecule is O=C(CCCCCNC(=O)c1ccc(NC(=O)N[C@H](C(=O)NCc2ccc(F)cc2)c2ccccc2)cc1)NO. The van der Waals surface area contributed by atoms with Crippen molar-refractivity contribution in [2.75, 3.05) is 11.9 Å². The van der Waals surface area contributed by atoms with E-state index in [0.29, 0.717) is 41.8 Å². The summed E-state index contributed by atoms with van der Waals surface area (Å²) in [6, 6.07) is 19.2. The summed E-state index contributed by atoms with van der Waals surface area (Å²) in [6.07, 6.45) is 2.23. The highest BCUT2D eigenvalue weighted by molar-refractivity contribution is 5.96. The average Bonchev–Trinajstić information content (AvgIpc) is 2.97. The van der Waals surface area contributed by atoms with Gasteiger partial charge in [0, 0.05) is 30.8 Å². The predicted octanol–water partition coefficient (Wildman–Crippen LogP) is 3.80. The van der Waals surface area contributed by atoms with Crippen LogP contribution in [0.4, 0.5) is 14.9 Å². The van der Waals surface area contributed by atoms with Crippen molar-refractivity contribution in [3.8, 4) is 0 Å². The molecule has 0 aliphatic carbocycles. The van der Waals surface area contributed by atoms with Crippen LogP contribution in [-0.4, -0.2) is 35.5 Å². The van der Waals surface area contributed by atoms with Crippen molar-refractivity contribution in [3.05, 3.63) is 101 Å². The van der Waals surface area contributed by atoms with Crippen LogP contribution in [0.25, 0.3) is 0 Å². The van der Waals surface area contributed by atoms with Gasteiger partial charge in [-0.2, -0.15) is 0 Å². The third-order valence-electron chi connectivity index (χ3n) is 5.95. The molecule has 0 aliphatic rings. The Morgan fingerprint density at radius 2 is 1.50 bits per heavy atom. The molecule has 0 aliphatic heterocycles. The van der Waals surface area contributed by atoms with Crippen molar-refractivity contribution in [2.24, 2.45) is 0 Å². The molecule has 3 aromatic rings. The van der Waals surface area contributed by atoms with Gasteiger partial charge in [0.15, 0.2) is 0 Å². The van der Waals surface area contributed by atoms with Crippen molar-refractivity contribution in [3.63, 3.8) is 0 Å². The van der Waals surface area contributed by atoms with Gasteiger partial charge in [0.05, 0.1) is 0 Å². The summed E-state index contributed by atoms with van der Waals surface area (Å²) in [5, 5.41) is 19.4. The van der Waals surface area contributed by atoms with E-state index in [-0.39, 0.29) is 24.7 Å². The first-order chi connectivity index (χ1) is 19.4. The Morgan fingerprint density at radius 1 is 0.800 bits per heavy atom. The Kier molecular flexibility index (Phi) is 11.6. The molecule has 0 heterocycles. The molecule has 6 N–H and O–H groups in total. The van der Waals surface area contributed by atoms with Gasteiger partial charge in [-0.05, 0) is 60.4 Å². The number of amides is 5. The number of carbonyl (C=O) groups is 4. The van der Waals surface area contributed by atoms with E-state index in [4.69, 9.17) is 5.21 Å². The standard InChI is InChI=1S/C29H32FN5O5/c30-23-14-10-20(11-15-23)19-32-28(38)26(21-7-3-1-4-8-21)34-29(39)33-24-16-12-22(13-17-24)27(37)31-18-6-2-5-9-25(36)35-40/h1,3-4,7-8,10-17,26,40H,2,5-6,9,18-19H2,(H,31,37)(H,32,38)(H,35,36)(H2,33,34,39)/t26-/m0/s1. The van der Waals surface area contributed by atoms with Gasteiger partial charge in [-0.15, -0.1) is 0 Å². The van der Waals surface area contributed by atoms with E-state index < -0.39 is 23.9 Å². The summed E-state index contributed by atoms with van der Waals surface area (Å²) in [6.45, 7) is 0.599. The molecule has 210 valence electrons. The number of hydrogen-bond acceptors (Lipinski definition) is 5. The first kappa shape index (κ1) is 29.8. The molecule has 11 heteroatoms. The fourth-order valence-corrected chi connectivity index (χ4v) is 3.79. The van der Waals surface area contributed by atoms with Crippen LogP contribution in [0.5, 0.6) is 0 Å². The van der Waals surface area contributed by atoms with Crippen molar-refractivity contribution in [1.29, 1.82) is 0 Å². The van der Waals surface area contributed by atoms with Gasteiger partial charge in [0.25, 0.3) is 5.91 Å². The maximum absolute atomic E-state index is 13.2. The largest absolute Gasteiger partial charge is 0.352 e. The molecular formula is C29H32FN5O5. The van der Waals surface area contributed by atoms with E-state index in [0.717, 1.165) is 6.42 Å². The molecule has 5 amide bonds. The van der Waals surface area contributed by atoms with Crippen LogP contribution in [-0.2, 0) is 16.1 Å².